The van der Waals surface area contributed by atoms with Gasteiger partial charge in [-0.1, -0.05) is 12.1 Å². The van der Waals surface area contributed by atoms with Crippen molar-refractivity contribution in [3.05, 3.63) is 24.3 Å². The van der Waals surface area contributed by atoms with Crippen LogP contribution >= 0.6 is 11.8 Å². The van der Waals surface area contributed by atoms with Gasteiger partial charge in [0.15, 0.2) is 0 Å². The number of hydrogen-bond donors (Lipinski definition) is 1. The van der Waals surface area contributed by atoms with Crippen LogP contribution in [-0.4, -0.2) is 19.4 Å². The van der Waals surface area contributed by atoms with Crippen LogP contribution in [0.2, 0.25) is 0 Å². The topological polar surface area (TPSA) is 35.2 Å². The van der Waals surface area contributed by atoms with Crippen molar-refractivity contribution in [1.29, 1.82) is 0 Å². The Bertz CT molecular complexity index is 265. The molecule has 1 aromatic rings. The van der Waals surface area contributed by atoms with Crippen LogP contribution in [0.25, 0.3) is 0 Å². The van der Waals surface area contributed by atoms with E-state index in [1.54, 1.807) is 7.11 Å². The molecule has 0 bridgehead atoms. The lowest BCUT2D eigenvalue weighted by atomic mass is 10.3. The Balaban J connectivity index is 2.41. The maximum Gasteiger partial charge on any atom is 0.132 e. The van der Waals surface area contributed by atoms with Crippen LogP contribution < -0.4 is 10.5 Å². The maximum absolute atomic E-state index is 5.43. The summed E-state index contributed by atoms with van der Waals surface area (Å²) in [4.78, 5) is 1.21. The van der Waals surface area contributed by atoms with Crippen LogP contribution in [0.3, 0.4) is 0 Å². The molecule has 0 saturated carbocycles. The van der Waals surface area contributed by atoms with Crippen LogP contribution in [0.5, 0.6) is 5.75 Å². The van der Waals surface area contributed by atoms with Gasteiger partial charge >= 0.3 is 0 Å². The normalized spacial score (nSPS) is 10.1. The zero-order valence-corrected chi connectivity index (χ0v) is 9.35. The van der Waals surface area contributed by atoms with Gasteiger partial charge in [-0.3, -0.25) is 0 Å². The molecule has 2 nitrogen and oxygen atoms in total. The van der Waals surface area contributed by atoms with E-state index >= 15 is 0 Å². The van der Waals surface area contributed by atoms with E-state index in [-0.39, 0.29) is 0 Å². The molecule has 0 saturated heterocycles. The fourth-order valence-corrected chi connectivity index (χ4v) is 2.20. The van der Waals surface area contributed by atoms with Crippen molar-refractivity contribution in [3.8, 4) is 5.75 Å². The summed E-state index contributed by atoms with van der Waals surface area (Å²) in [5.41, 5.74) is 5.43. The summed E-state index contributed by atoms with van der Waals surface area (Å²) in [7, 11) is 1.71. The Labute approximate surface area is 89.8 Å². The summed E-state index contributed by atoms with van der Waals surface area (Å²) in [6.07, 6.45) is 2.27. The summed E-state index contributed by atoms with van der Waals surface area (Å²) >= 11 is 1.83. The molecule has 0 heterocycles. The lowest BCUT2D eigenvalue weighted by Gasteiger charge is -2.06. The van der Waals surface area contributed by atoms with Gasteiger partial charge in [-0.15, -0.1) is 11.8 Å². The molecule has 0 unspecified atom stereocenters. The highest BCUT2D eigenvalue weighted by Crippen LogP contribution is 2.29. The van der Waals surface area contributed by atoms with Crippen LogP contribution in [0.1, 0.15) is 12.8 Å². The number of nitrogens with two attached hydrogens (primary N) is 1. The van der Waals surface area contributed by atoms with Crippen molar-refractivity contribution < 1.29 is 4.74 Å². The third-order valence-corrected chi connectivity index (χ3v) is 3.07. The number of thioether (sulfide) groups is 1. The number of para-hydroxylation sites is 1. The van der Waals surface area contributed by atoms with Gasteiger partial charge in [-0.05, 0) is 37.3 Å². The summed E-state index contributed by atoms with van der Waals surface area (Å²) in [5.74, 6) is 2.07. The molecule has 0 aliphatic carbocycles. The number of benzene rings is 1. The SMILES string of the molecule is COc1ccccc1SCCCCN. The number of methoxy groups -OCH3 is 1. The zero-order valence-electron chi connectivity index (χ0n) is 8.53. The smallest absolute Gasteiger partial charge is 0.132 e. The first-order chi connectivity index (χ1) is 6.88. The summed E-state index contributed by atoms with van der Waals surface area (Å²) in [5, 5.41) is 0. The van der Waals surface area contributed by atoms with Crippen molar-refractivity contribution in [2.24, 2.45) is 5.73 Å². The average Bonchev–Trinajstić information content (AvgIpc) is 2.25. The molecule has 0 radical (unpaired) electrons. The third kappa shape index (κ3) is 3.60. The van der Waals surface area contributed by atoms with E-state index in [1.807, 2.05) is 30.0 Å². The molecule has 0 aliphatic heterocycles. The molecule has 2 N–H and O–H groups in total. The van der Waals surface area contributed by atoms with E-state index in [1.165, 1.54) is 11.3 Å². The Hall–Kier alpha value is -0.670. The van der Waals surface area contributed by atoms with Crippen LogP contribution in [-0.2, 0) is 0 Å². The Morgan fingerprint density at radius 2 is 2.07 bits per heavy atom. The van der Waals surface area contributed by atoms with Crippen molar-refractivity contribution >= 4 is 11.8 Å². The molecule has 1 rings (SSSR count). The van der Waals surface area contributed by atoms with Gasteiger partial charge in [0, 0.05) is 4.90 Å². The number of rotatable bonds is 6. The second-order valence-corrected chi connectivity index (χ2v) is 4.13. The molecule has 14 heavy (non-hydrogen) atoms. The predicted molar refractivity (Wildman–Crippen MR) is 62.0 cm³/mol. The van der Waals surface area contributed by atoms with Crippen LogP contribution in [0.15, 0.2) is 29.2 Å². The molecule has 0 fully saturated rings. The first kappa shape index (κ1) is 11.4. The lowest BCUT2D eigenvalue weighted by Crippen LogP contribution is -1.98. The second kappa shape index (κ2) is 6.74. The van der Waals surface area contributed by atoms with Crippen LogP contribution in [0, 0.1) is 0 Å². The highest BCUT2D eigenvalue weighted by molar-refractivity contribution is 7.99. The number of unbranched alkanes of at least 4 members (excludes halogenated alkanes) is 1. The summed E-state index contributed by atoms with van der Waals surface area (Å²) in [6, 6.07) is 8.10. The van der Waals surface area contributed by atoms with Crippen LogP contribution in [0.4, 0.5) is 0 Å². The number of hydrogen-bond acceptors (Lipinski definition) is 3. The maximum atomic E-state index is 5.43. The van der Waals surface area contributed by atoms with Gasteiger partial charge in [0.05, 0.1) is 7.11 Å². The molecule has 1 aromatic carbocycles. The second-order valence-electron chi connectivity index (χ2n) is 3.00. The molecular formula is C11H17NOS. The zero-order chi connectivity index (χ0) is 10.2. The Morgan fingerprint density at radius 3 is 2.79 bits per heavy atom. The Morgan fingerprint density at radius 1 is 1.29 bits per heavy atom. The molecule has 0 aromatic heterocycles. The van der Waals surface area contributed by atoms with Crippen molar-refractivity contribution in [3.63, 3.8) is 0 Å². The highest BCUT2D eigenvalue weighted by Gasteiger charge is 2.00. The van der Waals surface area contributed by atoms with Gasteiger partial charge < -0.3 is 10.5 Å². The Kier molecular flexibility index (Phi) is 5.49. The molecule has 0 amide bonds. The third-order valence-electron chi connectivity index (χ3n) is 1.93. The minimum absolute atomic E-state index is 0.784. The molecule has 78 valence electrons. The molecule has 0 spiro atoms. The van der Waals surface area contributed by atoms with E-state index in [9.17, 15) is 0 Å². The van der Waals surface area contributed by atoms with E-state index in [2.05, 4.69) is 6.07 Å². The van der Waals surface area contributed by atoms with E-state index < -0.39 is 0 Å². The van der Waals surface area contributed by atoms with E-state index in [4.69, 9.17) is 10.5 Å². The first-order valence-electron chi connectivity index (χ1n) is 4.84. The van der Waals surface area contributed by atoms with Crippen molar-refractivity contribution in [2.75, 3.05) is 19.4 Å². The van der Waals surface area contributed by atoms with Gasteiger partial charge in [-0.25, -0.2) is 0 Å². The average molecular weight is 211 g/mol. The van der Waals surface area contributed by atoms with Gasteiger partial charge in [0.2, 0.25) is 0 Å². The standard InChI is InChI=1S/C11H17NOS/c1-13-10-6-2-3-7-11(10)14-9-5-4-8-12/h2-3,6-7H,4-5,8-9,12H2,1H3. The quantitative estimate of drug-likeness (QED) is 0.580. The molecule has 0 aliphatic rings. The fraction of sp³-hybridized carbons (Fsp3) is 0.455. The van der Waals surface area contributed by atoms with Crippen molar-refractivity contribution in [2.45, 2.75) is 17.7 Å². The first-order valence-corrected chi connectivity index (χ1v) is 5.83. The lowest BCUT2D eigenvalue weighted by molar-refractivity contribution is 0.405. The fourth-order valence-electron chi connectivity index (χ4n) is 1.17. The van der Waals surface area contributed by atoms with Gasteiger partial charge in [0.25, 0.3) is 0 Å². The monoisotopic (exact) mass is 211 g/mol. The predicted octanol–water partition coefficient (Wildman–Crippen LogP) is 2.53. The minimum Gasteiger partial charge on any atom is -0.496 e. The highest BCUT2D eigenvalue weighted by atomic mass is 32.2. The summed E-state index contributed by atoms with van der Waals surface area (Å²) < 4.78 is 5.26. The number of ether oxygens (including phenoxy) is 1. The minimum atomic E-state index is 0.784. The molecular weight excluding hydrogens is 194 g/mol. The van der Waals surface area contributed by atoms with Gasteiger partial charge in [0.1, 0.15) is 5.75 Å². The largest absolute Gasteiger partial charge is 0.496 e. The molecule has 3 heteroatoms. The van der Waals surface area contributed by atoms with E-state index in [0.717, 1.165) is 24.5 Å². The van der Waals surface area contributed by atoms with Gasteiger partial charge in [-0.2, -0.15) is 0 Å². The van der Waals surface area contributed by atoms with E-state index in [0.29, 0.717) is 0 Å². The van der Waals surface area contributed by atoms with Crippen molar-refractivity contribution in [1.82, 2.24) is 0 Å². The summed E-state index contributed by atoms with van der Waals surface area (Å²) in [6.45, 7) is 0.784. The molecule has 0 atom stereocenters.